The maximum atomic E-state index is 5.57. The van der Waals surface area contributed by atoms with E-state index in [1.807, 2.05) is 6.08 Å². The molecule has 0 fully saturated rings. The lowest BCUT2D eigenvalue weighted by Gasteiger charge is -2.04. The van der Waals surface area contributed by atoms with Crippen LogP contribution in [-0.4, -0.2) is 44.7 Å². The van der Waals surface area contributed by atoms with E-state index in [1.54, 1.807) is 7.11 Å². The summed E-state index contributed by atoms with van der Waals surface area (Å²) in [5.74, 6) is 0. The number of methoxy groups -OCH3 is 1. The Kier molecular flexibility index (Phi) is 8.24. The first kappa shape index (κ1) is 18.4. The smallest absolute Gasteiger partial charge is 0.244 e. The fraction of sp³-hybridized carbons (Fsp3) is 0.421. The largest absolute Gasteiger partial charge is 0.382 e. The normalized spacial score (nSPS) is 10.9. The van der Waals surface area contributed by atoms with Crippen molar-refractivity contribution >= 4 is 6.08 Å². The first-order valence-electron chi connectivity index (χ1n) is 8.22. The van der Waals surface area contributed by atoms with Crippen LogP contribution in [0.15, 0.2) is 49.6 Å². The minimum absolute atomic E-state index is 0.607. The van der Waals surface area contributed by atoms with Gasteiger partial charge in [-0.15, -0.1) is 0 Å². The van der Waals surface area contributed by atoms with Crippen LogP contribution in [0.1, 0.15) is 11.1 Å². The van der Waals surface area contributed by atoms with Crippen molar-refractivity contribution in [1.29, 1.82) is 0 Å². The van der Waals surface area contributed by atoms with Crippen molar-refractivity contribution in [2.24, 2.45) is 0 Å². The van der Waals surface area contributed by atoms with Gasteiger partial charge in [0.1, 0.15) is 25.5 Å². The van der Waals surface area contributed by atoms with Crippen LogP contribution < -0.4 is 4.57 Å². The molecular weight excluding hydrogens is 304 g/mol. The van der Waals surface area contributed by atoms with Crippen molar-refractivity contribution < 1.29 is 18.8 Å². The fourth-order valence-electron chi connectivity index (χ4n) is 2.27. The Hall–Kier alpha value is -1.95. The monoisotopic (exact) mass is 331 g/mol. The van der Waals surface area contributed by atoms with Gasteiger partial charge in [0, 0.05) is 7.11 Å². The van der Waals surface area contributed by atoms with Crippen LogP contribution in [-0.2, 0) is 27.3 Å². The van der Waals surface area contributed by atoms with Crippen molar-refractivity contribution in [3.63, 3.8) is 0 Å². The van der Waals surface area contributed by atoms with E-state index in [-0.39, 0.29) is 0 Å². The lowest BCUT2D eigenvalue weighted by molar-refractivity contribution is -0.687. The summed E-state index contributed by atoms with van der Waals surface area (Å²) in [5, 5.41) is 0. The summed E-state index contributed by atoms with van der Waals surface area (Å²) in [6, 6.07) is 8.44. The molecule has 1 aromatic carbocycles. The van der Waals surface area contributed by atoms with Crippen molar-refractivity contribution in [1.82, 2.24) is 4.57 Å². The van der Waals surface area contributed by atoms with Gasteiger partial charge in [0.2, 0.25) is 6.33 Å². The molecule has 0 saturated carbocycles. The van der Waals surface area contributed by atoms with Gasteiger partial charge in [-0.2, -0.15) is 0 Å². The van der Waals surface area contributed by atoms with Gasteiger partial charge in [-0.1, -0.05) is 36.9 Å². The zero-order valence-corrected chi connectivity index (χ0v) is 14.4. The molecule has 0 aliphatic carbocycles. The molecule has 0 amide bonds. The lowest BCUT2D eigenvalue weighted by atomic mass is 10.1. The first-order valence-corrected chi connectivity index (χ1v) is 8.22. The van der Waals surface area contributed by atoms with Gasteiger partial charge < -0.3 is 14.2 Å². The van der Waals surface area contributed by atoms with Gasteiger partial charge in [0.05, 0.1) is 33.0 Å². The second kappa shape index (κ2) is 10.8. The summed E-state index contributed by atoms with van der Waals surface area (Å²) < 4.78 is 20.1. The highest BCUT2D eigenvalue weighted by atomic mass is 16.5. The van der Waals surface area contributed by atoms with Crippen molar-refractivity contribution in [3.8, 4) is 0 Å². The highest BCUT2D eigenvalue weighted by Gasteiger charge is 2.04. The lowest BCUT2D eigenvalue weighted by Crippen LogP contribution is -2.31. The molecule has 2 aromatic rings. The Bertz CT molecular complexity index is 593. The molecule has 0 aliphatic heterocycles. The van der Waals surface area contributed by atoms with E-state index in [0.29, 0.717) is 33.0 Å². The molecule has 1 heterocycles. The Balaban J connectivity index is 1.64. The number of aromatic nitrogens is 2. The Morgan fingerprint density at radius 2 is 1.75 bits per heavy atom. The third kappa shape index (κ3) is 6.66. The van der Waals surface area contributed by atoms with Crippen LogP contribution in [0.4, 0.5) is 0 Å². The quantitative estimate of drug-likeness (QED) is 0.442. The van der Waals surface area contributed by atoms with Crippen molar-refractivity contribution in [2.75, 3.05) is 40.1 Å². The molecule has 0 bridgehead atoms. The first-order chi connectivity index (χ1) is 11.8. The molecule has 1 aromatic heterocycles. The van der Waals surface area contributed by atoms with Crippen molar-refractivity contribution in [2.45, 2.75) is 13.1 Å². The summed E-state index contributed by atoms with van der Waals surface area (Å²) >= 11 is 0. The molecule has 0 saturated heterocycles. The van der Waals surface area contributed by atoms with E-state index in [2.05, 4.69) is 58.7 Å². The SMILES string of the molecule is C=Cc1ccc(C[n+]2ccn(CCOCCOCCOC)c2)cc1. The van der Waals surface area contributed by atoms with Crippen molar-refractivity contribution in [3.05, 3.63) is 60.7 Å². The molecule has 0 radical (unpaired) electrons. The number of ether oxygens (including phenoxy) is 3. The van der Waals surface area contributed by atoms with Crippen LogP contribution in [0.5, 0.6) is 0 Å². The second-order valence-corrected chi connectivity index (χ2v) is 5.49. The minimum Gasteiger partial charge on any atom is -0.382 e. The fourth-order valence-corrected chi connectivity index (χ4v) is 2.27. The van der Waals surface area contributed by atoms with E-state index >= 15 is 0 Å². The highest BCUT2D eigenvalue weighted by molar-refractivity contribution is 5.47. The van der Waals surface area contributed by atoms with Gasteiger partial charge in [-0.25, -0.2) is 9.13 Å². The number of imidazole rings is 1. The van der Waals surface area contributed by atoms with E-state index in [4.69, 9.17) is 14.2 Å². The molecule has 5 nitrogen and oxygen atoms in total. The minimum atomic E-state index is 0.607. The van der Waals surface area contributed by atoms with E-state index < -0.39 is 0 Å². The van der Waals surface area contributed by atoms with Crippen LogP contribution in [0.2, 0.25) is 0 Å². The molecule has 5 heteroatoms. The Morgan fingerprint density at radius 1 is 1.04 bits per heavy atom. The molecule has 2 rings (SSSR count). The molecular formula is C19H27N2O3+. The van der Waals surface area contributed by atoms with Gasteiger partial charge in [0.25, 0.3) is 0 Å². The highest BCUT2D eigenvalue weighted by Crippen LogP contribution is 2.05. The zero-order chi connectivity index (χ0) is 17.0. The standard InChI is InChI=1S/C19H27N2O3/c1-3-18-4-6-19(7-5-18)16-21-9-8-20(17-21)10-11-23-14-15-24-13-12-22-2/h3-9,17H,1,10-16H2,2H3/q+1. The summed E-state index contributed by atoms with van der Waals surface area (Å²) in [7, 11) is 1.67. The third-order valence-corrected chi connectivity index (χ3v) is 3.62. The zero-order valence-electron chi connectivity index (χ0n) is 14.4. The van der Waals surface area contributed by atoms with Gasteiger partial charge in [-0.3, -0.25) is 0 Å². The van der Waals surface area contributed by atoms with Crippen LogP contribution in [0.25, 0.3) is 6.08 Å². The number of nitrogens with zero attached hydrogens (tertiary/aromatic N) is 2. The summed E-state index contributed by atoms with van der Waals surface area (Å²) in [6.45, 7) is 8.60. The number of rotatable bonds is 12. The summed E-state index contributed by atoms with van der Waals surface area (Å²) in [5.41, 5.74) is 2.41. The Labute approximate surface area is 144 Å². The van der Waals surface area contributed by atoms with Crippen LogP contribution in [0.3, 0.4) is 0 Å². The summed E-state index contributed by atoms with van der Waals surface area (Å²) in [4.78, 5) is 0. The van der Waals surface area contributed by atoms with Crippen LogP contribution >= 0.6 is 0 Å². The van der Waals surface area contributed by atoms with Gasteiger partial charge >= 0.3 is 0 Å². The average Bonchev–Trinajstić information content (AvgIpc) is 3.05. The summed E-state index contributed by atoms with van der Waals surface area (Å²) in [6.07, 6.45) is 8.10. The van der Waals surface area contributed by atoms with Crippen LogP contribution in [0, 0.1) is 0 Å². The second-order valence-electron chi connectivity index (χ2n) is 5.49. The topological polar surface area (TPSA) is 36.5 Å². The van der Waals surface area contributed by atoms with E-state index in [9.17, 15) is 0 Å². The number of benzene rings is 1. The predicted molar refractivity (Wildman–Crippen MR) is 93.8 cm³/mol. The number of hydrogen-bond acceptors (Lipinski definition) is 3. The third-order valence-electron chi connectivity index (χ3n) is 3.62. The molecule has 0 unspecified atom stereocenters. The maximum Gasteiger partial charge on any atom is 0.244 e. The van der Waals surface area contributed by atoms with E-state index in [0.717, 1.165) is 18.7 Å². The molecule has 0 spiro atoms. The van der Waals surface area contributed by atoms with Gasteiger partial charge in [-0.05, 0) is 11.1 Å². The molecule has 0 atom stereocenters. The van der Waals surface area contributed by atoms with Gasteiger partial charge in [0.15, 0.2) is 0 Å². The molecule has 24 heavy (non-hydrogen) atoms. The number of hydrogen-bond donors (Lipinski definition) is 0. The average molecular weight is 331 g/mol. The van der Waals surface area contributed by atoms with E-state index in [1.165, 1.54) is 5.56 Å². The predicted octanol–water partition coefficient (Wildman–Crippen LogP) is 2.15. The molecule has 0 aliphatic rings. The molecule has 130 valence electrons. The Morgan fingerprint density at radius 3 is 2.46 bits per heavy atom. The molecule has 0 N–H and O–H groups in total. The maximum absolute atomic E-state index is 5.57.